The Bertz CT molecular complexity index is 731. The number of hydrogen-bond donors (Lipinski definition) is 1. The van der Waals surface area contributed by atoms with Gasteiger partial charge < -0.3 is 9.84 Å². The van der Waals surface area contributed by atoms with Gasteiger partial charge in [-0.2, -0.15) is 0 Å². The van der Waals surface area contributed by atoms with Gasteiger partial charge in [-0.25, -0.2) is 0 Å². The first-order valence-electron chi connectivity index (χ1n) is 6.81. The van der Waals surface area contributed by atoms with Crippen LogP contribution >= 0.6 is 0 Å². The smallest absolute Gasteiger partial charge is 0.123 e. The number of rotatable bonds is 3. The van der Waals surface area contributed by atoms with Crippen molar-refractivity contribution in [2.45, 2.75) is 0 Å². The number of phenolic OH excluding ortho intramolecular Hbond substituents is 1. The molecule has 0 bridgehead atoms. The Morgan fingerprint density at radius 3 is 2.00 bits per heavy atom. The van der Waals surface area contributed by atoms with Gasteiger partial charge in [-0.15, -0.1) is 0 Å². The van der Waals surface area contributed by atoms with Crippen molar-refractivity contribution in [3.05, 3.63) is 72.8 Å². The van der Waals surface area contributed by atoms with Crippen molar-refractivity contribution in [1.82, 2.24) is 0 Å². The van der Waals surface area contributed by atoms with Crippen LogP contribution in [0, 0.1) is 0 Å². The zero-order valence-electron chi connectivity index (χ0n) is 11.8. The van der Waals surface area contributed by atoms with E-state index in [4.69, 9.17) is 4.74 Å². The summed E-state index contributed by atoms with van der Waals surface area (Å²) in [7, 11) is 1.62. The summed E-state index contributed by atoms with van der Waals surface area (Å²) >= 11 is 0. The Balaban J connectivity index is 1.98. The van der Waals surface area contributed by atoms with Crippen LogP contribution in [0.2, 0.25) is 0 Å². The van der Waals surface area contributed by atoms with E-state index in [1.165, 1.54) is 5.56 Å². The lowest BCUT2D eigenvalue weighted by molar-refractivity contribution is 0.412. The van der Waals surface area contributed by atoms with E-state index in [9.17, 15) is 5.11 Å². The van der Waals surface area contributed by atoms with Crippen LogP contribution in [0.25, 0.3) is 22.3 Å². The second-order valence-corrected chi connectivity index (χ2v) is 4.83. The first kappa shape index (κ1) is 13.3. The molecule has 0 saturated heterocycles. The highest BCUT2D eigenvalue weighted by Crippen LogP contribution is 2.33. The van der Waals surface area contributed by atoms with E-state index in [-0.39, 0.29) is 5.75 Å². The molecular formula is C19H16O2. The molecule has 0 aliphatic carbocycles. The molecule has 0 heterocycles. The quantitative estimate of drug-likeness (QED) is 0.749. The van der Waals surface area contributed by atoms with Gasteiger partial charge in [0.15, 0.2) is 0 Å². The normalized spacial score (nSPS) is 10.3. The first-order chi connectivity index (χ1) is 10.3. The Morgan fingerprint density at radius 2 is 1.33 bits per heavy atom. The van der Waals surface area contributed by atoms with Crippen molar-refractivity contribution in [2.24, 2.45) is 0 Å². The highest BCUT2D eigenvalue weighted by atomic mass is 16.5. The van der Waals surface area contributed by atoms with Gasteiger partial charge in [-0.1, -0.05) is 54.6 Å². The van der Waals surface area contributed by atoms with Gasteiger partial charge in [0.2, 0.25) is 0 Å². The second kappa shape index (κ2) is 5.71. The molecule has 2 heteroatoms. The minimum Gasteiger partial charge on any atom is -0.507 e. The van der Waals surface area contributed by atoms with Gasteiger partial charge in [0, 0.05) is 5.56 Å². The topological polar surface area (TPSA) is 29.5 Å². The fraction of sp³-hybridized carbons (Fsp3) is 0.0526. The van der Waals surface area contributed by atoms with Crippen LogP contribution in [-0.2, 0) is 0 Å². The van der Waals surface area contributed by atoms with E-state index in [1.807, 2.05) is 36.4 Å². The van der Waals surface area contributed by atoms with Crippen molar-refractivity contribution in [1.29, 1.82) is 0 Å². The molecule has 0 saturated carbocycles. The van der Waals surface area contributed by atoms with E-state index in [2.05, 4.69) is 24.3 Å². The molecule has 1 N–H and O–H groups in total. The number of hydrogen-bond acceptors (Lipinski definition) is 2. The number of benzene rings is 3. The number of ether oxygens (including phenoxy) is 1. The first-order valence-corrected chi connectivity index (χ1v) is 6.81. The Labute approximate surface area is 124 Å². The molecule has 3 aromatic carbocycles. The lowest BCUT2D eigenvalue weighted by Crippen LogP contribution is -1.85. The summed E-state index contributed by atoms with van der Waals surface area (Å²) in [5.41, 5.74) is 4.07. The lowest BCUT2D eigenvalue weighted by atomic mass is 9.99. The van der Waals surface area contributed by atoms with E-state index < -0.39 is 0 Å². The van der Waals surface area contributed by atoms with Crippen molar-refractivity contribution in [2.75, 3.05) is 7.11 Å². The van der Waals surface area contributed by atoms with Crippen molar-refractivity contribution >= 4 is 0 Å². The summed E-state index contributed by atoms with van der Waals surface area (Å²) in [6.07, 6.45) is 0. The maximum Gasteiger partial charge on any atom is 0.123 e. The SMILES string of the molecule is COc1ccc(O)c(-c2ccc(-c3ccccc3)cc2)c1. The van der Waals surface area contributed by atoms with Crippen LogP contribution in [-0.4, -0.2) is 12.2 Å². The maximum atomic E-state index is 10.0. The fourth-order valence-corrected chi connectivity index (χ4v) is 2.35. The molecule has 0 amide bonds. The molecule has 0 fully saturated rings. The number of methoxy groups -OCH3 is 1. The van der Waals surface area contributed by atoms with E-state index in [1.54, 1.807) is 19.2 Å². The summed E-state index contributed by atoms with van der Waals surface area (Å²) in [6, 6.07) is 23.6. The molecular weight excluding hydrogens is 260 g/mol. The molecule has 21 heavy (non-hydrogen) atoms. The van der Waals surface area contributed by atoms with E-state index >= 15 is 0 Å². The highest BCUT2D eigenvalue weighted by Gasteiger charge is 2.06. The van der Waals surface area contributed by atoms with E-state index in [0.29, 0.717) is 0 Å². The summed E-state index contributed by atoms with van der Waals surface area (Å²) in [6.45, 7) is 0. The predicted molar refractivity (Wildman–Crippen MR) is 85.5 cm³/mol. The van der Waals surface area contributed by atoms with Gasteiger partial charge in [-0.3, -0.25) is 0 Å². The minimum absolute atomic E-state index is 0.253. The number of aromatic hydroxyl groups is 1. The van der Waals surface area contributed by atoms with E-state index in [0.717, 1.165) is 22.4 Å². The molecule has 0 aliphatic rings. The highest BCUT2D eigenvalue weighted by molar-refractivity contribution is 5.74. The molecule has 0 radical (unpaired) electrons. The molecule has 2 nitrogen and oxygen atoms in total. The van der Waals surface area contributed by atoms with Crippen LogP contribution in [0.1, 0.15) is 0 Å². The summed E-state index contributed by atoms with van der Waals surface area (Å²) < 4.78 is 5.21. The van der Waals surface area contributed by atoms with Crippen LogP contribution < -0.4 is 4.74 Å². The van der Waals surface area contributed by atoms with Crippen molar-refractivity contribution in [3.8, 4) is 33.8 Å². The molecule has 104 valence electrons. The Kier molecular flexibility index (Phi) is 3.61. The van der Waals surface area contributed by atoms with Gasteiger partial charge in [0.05, 0.1) is 7.11 Å². The molecule has 3 rings (SSSR count). The maximum absolute atomic E-state index is 10.0. The van der Waals surface area contributed by atoms with Crippen molar-refractivity contribution < 1.29 is 9.84 Å². The van der Waals surface area contributed by atoms with Gasteiger partial charge in [-0.05, 0) is 34.9 Å². The van der Waals surface area contributed by atoms with Crippen LogP contribution in [0.15, 0.2) is 72.8 Å². The molecule has 0 spiro atoms. The molecule has 0 aliphatic heterocycles. The molecule has 3 aromatic rings. The Morgan fingerprint density at radius 1 is 0.714 bits per heavy atom. The van der Waals surface area contributed by atoms with Gasteiger partial charge in [0.1, 0.15) is 11.5 Å². The Hall–Kier alpha value is -2.74. The van der Waals surface area contributed by atoms with Crippen LogP contribution in [0.4, 0.5) is 0 Å². The van der Waals surface area contributed by atoms with Gasteiger partial charge >= 0.3 is 0 Å². The van der Waals surface area contributed by atoms with Crippen molar-refractivity contribution in [3.63, 3.8) is 0 Å². The lowest BCUT2D eigenvalue weighted by Gasteiger charge is -2.08. The second-order valence-electron chi connectivity index (χ2n) is 4.83. The third kappa shape index (κ3) is 2.75. The minimum atomic E-state index is 0.253. The molecule has 0 aromatic heterocycles. The largest absolute Gasteiger partial charge is 0.507 e. The van der Waals surface area contributed by atoms with Crippen LogP contribution in [0.3, 0.4) is 0 Å². The average Bonchev–Trinajstić information content (AvgIpc) is 2.56. The summed E-state index contributed by atoms with van der Waals surface area (Å²) in [5.74, 6) is 0.984. The van der Waals surface area contributed by atoms with Gasteiger partial charge in [0.25, 0.3) is 0 Å². The zero-order chi connectivity index (χ0) is 14.7. The third-order valence-corrected chi connectivity index (χ3v) is 3.51. The summed E-state index contributed by atoms with van der Waals surface area (Å²) in [4.78, 5) is 0. The molecule has 0 unspecified atom stereocenters. The third-order valence-electron chi connectivity index (χ3n) is 3.51. The van der Waals surface area contributed by atoms with Crippen LogP contribution in [0.5, 0.6) is 11.5 Å². The monoisotopic (exact) mass is 276 g/mol. The summed E-state index contributed by atoms with van der Waals surface area (Å²) in [5, 5.41) is 10.0. The number of phenols is 1. The predicted octanol–water partition coefficient (Wildman–Crippen LogP) is 4.73. The standard InChI is InChI=1S/C19H16O2/c1-21-17-11-12-19(20)18(13-17)16-9-7-15(8-10-16)14-5-3-2-4-6-14/h2-13,20H,1H3. The molecule has 0 atom stereocenters. The fourth-order valence-electron chi connectivity index (χ4n) is 2.35. The zero-order valence-corrected chi connectivity index (χ0v) is 11.8. The average molecular weight is 276 g/mol.